The smallest absolute Gasteiger partial charge is 0.320 e. The fraction of sp³-hybridized carbons (Fsp3) is 0.176. The van der Waals surface area contributed by atoms with Gasteiger partial charge in [0.15, 0.2) is 0 Å². The molecule has 0 amide bonds. The normalized spacial score (nSPS) is 12.4. The van der Waals surface area contributed by atoms with Gasteiger partial charge in [0, 0.05) is 10.9 Å². The van der Waals surface area contributed by atoms with Gasteiger partial charge in [0.1, 0.15) is 5.75 Å². The summed E-state index contributed by atoms with van der Waals surface area (Å²) in [6, 6.07) is 9.42. The summed E-state index contributed by atoms with van der Waals surface area (Å²) in [4.78, 5) is 0. The fourth-order valence-electron chi connectivity index (χ4n) is 2.56. The molecule has 2 aromatic carbocycles. The highest BCUT2D eigenvalue weighted by Gasteiger charge is 2.23. The first-order valence-electron chi connectivity index (χ1n) is 7.79. The maximum atomic E-state index is 13.4. The monoisotopic (exact) mass is 361 g/mol. The predicted molar refractivity (Wildman–Crippen MR) is 94.4 cm³/mol. The first kappa shape index (κ1) is 18.0. The van der Waals surface area contributed by atoms with Crippen molar-refractivity contribution in [2.45, 2.75) is 19.6 Å². The zero-order chi connectivity index (χ0) is 18.8. The van der Waals surface area contributed by atoms with Crippen LogP contribution in [0, 0.1) is 0 Å². The van der Waals surface area contributed by atoms with Gasteiger partial charge in [-0.15, -0.1) is 0 Å². The van der Waals surface area contributed by atoms with E-state index in [0.29, 0.717) is 33.2 Å². The molecule has 0 fully saturated rings. The molecule has 0 radical (unpaired) electrons. The van der Waals surface area contributed by atoms with Gasteiger partial charge in [-0.25, -0.2) is 8.78 Å². The van der Waals surface area contributed by atoms with Gasteiger partial charge in [0.25, 0.3) is 6.36 Å². The molecule has 9 heteroatoms. The SMILES string of the molecule is CB(O)c1ccc(OC(F)C(F)F)c(-c2ccc3c(N)cnnc3c2)c1. The van der Waals surface area contributed by atoms with Crippen molar-refractivity contribution in [1.29, 1.82) is 0 Å². The molecule has 1 unspecified atom stereocenters. The first-order chi connectivity index (χ1) is 12.4. The second-order valence-corrected chi connectivity index (χ2v) is 5.77. The number of hydrogen-bond acceptors (Lipinski definition) is 5. The van der Waals surface area contributed by atoms with E-state index < -0.39 is 19.7 Å². The minimum Gasteiger partial charge on any atom is -0.454 e. The highest BCUT2D eigenvalue weighted by molar-refractivity contribution is 6.64. The molecule has 134 valence electrons. The van der Waals surface area contributed by atoms with E-state index in [-0.39, 0.29) is 5.75 Å². The fourth-order valence-corrected chi connectivity index (χ4v) is 2.56. The molecule has 0 saturated heterocycles. The number of halogens is 3. The number of hydrogen-bond donors (Lipinski definition) is 2. The zero-order valence-electron chi connectivity index (χ0n) is 13.7. The maximum absolute atomic E-state index is 13.4. The van der Waals surface area contributed by atoms with Gasteiger partial charge in [-0.3, -0.25) is 0 Å². The summed E-state index contributed by atoms with van der Waals surface area (Å²) in [5, 5.41) is 18.2. The third kappa shape index (κ3) is 3.57. The molecule has 0 aliphatic carbocycles. The van der Waals surface area contributed by atoms with Crippen LogP contribution in [0.4, 0.5) is 18.9 Å². The second-order valence-electron chi connectivity index (χ2n) is 5.77. The third-order valence-electron chi connectivity index (χ3n) is 3.91. The van der Waals surface area contributed by atoms with Gasteiger partial charge >= 0.3 is 13.3 Å². The third-order valence-corrected chi connectivity index (χ3v) is 3.91. The molecule has 26 heavy (non-hydrogen) atoms. The molecule has 3 N–H and O–H groups in total. The van der Waals surface area contributed by atoms with E-state index in [9.17, 15) is 18.2 Å². The predicted octanol–water partition coefficient (Wildman–Crippen LogP) is 2.64. The standard InChI is InChI=1S/C17H15BF3N3O2/c1-18(25)10-3-5-15(26-17(21)16(19)20)12(7-10)9-2-4-11-13(22)8-23-24-14(11)6-9/h2-8,16-17,25H,1H3,(H2,22,24). The lowest BCUT2D eigenvalue weighted by atomic mass is 9.64. The van der Waals surface area contributed by atoms with Crippen molar-refractivity contribution in [2.75, 3.05) is 5.73 Å². The first-order valence-corrected chi connectivity index (χ1v) is 7.79. The van der Waals surface area contributed by atoms with E-state index in [1.807, 2.05) is 0 Å². The Morgan fingerprint density at radius 1 is 1.15 bits per heavy atom. The average molecular weight is 361 g/mol. The zero-order valence-corrected chi connectivity index (χ0v) is 13.7. The molecule has 3 aromatic rings. The molecule has 0 bridgehead atoms. The van der Waals surface area contributed by atoms with Crippen LogP contribution in [0.1, 0.15) is 0 Å². The van der Waals surface area contributed by atoms with Crippen molar-refractivity contribution in [3.63, 3.8) is 0 Å². The Kier molecular flexibility index (Phi) is 4.99. The van der Waals surface area contributed by atoms with Gasteiger partial charge < -0.3 is 15.5 Å². The summed E-state index contributed by atoms with van der Waals surface area (Å²) < 4.78 is 43.3. The molecule has 1 aromatic heterocycles. The summed E-state index contributed by atoms with van der Waals surface area (Å²) in [6.45, 7) is 0.763. The van der Waals surface area contributed by atoms with Crippen LogP contribution in [-0.2, 0) is 0 Å². The Morgan fingerprint density at radius 3 is 2.62 bits per heavy atom. The second kappa shape index (κ2) is 7.21. The molecule has 0 aliphatic heterocycles. The number of rotatable bonds is 5. The summed E-state index contributed by atoms with van der Waals surface area (Å²) >= 11 is 0. The Bertz CT molecular complexity index is 940. The van der Waals surface area contributed by atoms with Gasteiger partial charge in [-0.1, -0.05) is 25.0 Å². The summed E-state index contributed by atoms with van der Waals surface area (Å²) in [7, 11) is 0. The van der Waals surface area contributed by atoms with E-state index in [0.717, 1.165) is 0 Å². The molecular weight excluding hydrogens is 346 g/mol. The Hall–Kier alpha value is -2.81. The largest absolute Gasteiger partial charge is 0.454 e. The molecule has 0 spiro atoms. The van der Waals surface area contributed by atoms with Crippen molar-refractivity contribution in [3.8, 4) is 16.9 Å². The molecular formula is C17H15BF3N3O2. The lowest BCUT2D eigenvalue weighted by molar-refractivity contribution is -0.0665. The number of ether oxygens (including phenoxy) is 1. The van der Waals surface area contributed by atoms with Crippen LogP contribution < -0.4 is 15.9 Å². The number of fused-ring (bicyclic) bond motifs is 1. The van der Waals surface area contributed by atoms with Gasteiger partial charge in [0.2, 0.25) is 0 Å². The number of nitrogens with two attached hydrogens (primary N) is 1. The topological polar surface area (TPSA) is 81.3 Å². The number of nitrogen functional groups attached to an aromatic ring is 1. The van der Waals surface area contributed by atoms with Crippen LogP contribution in [0.2, 0.25) is 6.82 Å². The maximum Gasteiger partial charge on any atom is 0.320 e. The van der Waals surface area contributed by atoms with E-state index >= 15 is 0 Å². The average Bonchev–Trinajstić information content (AvgIpc) is 2.61. The van der Waals surface area contributed by atoms with Crippen molar-refractivity contribution < 1.29 is 22.9 Å². The number of aromatic nitrogens is 2. The van der Waals surface area contributed by atoms with Crippen LogP contribution in [0.15, 0.2) is 42.6 Å². The minimum atomic E-state index is -3.28. The van der Waals surface area contributed by atoms with E-state index in [4.69, 9.17) is 10.5 Å². The van der Waals surface area contributed by atoms with E-state index in [2.05, 4.69) is 10.2 Å². The Labute approximate surface area is 147 Å². The summed E-state index contributed by atoms with van der Waals surface area (Å²) in [5.41, 5.74) is 8.18. The highest BCUT2D eigenvalue weighted by Crippen LogP contribution is 2.33. The molecule has 0 saturated carbocycles. The van der Waals surface area contributed by atoms with Crippen molar-refractivity contribution in [2.24, 2.45) is 0 Å². The van der Waals surface area contributed by atoms with Crippen LogP contribution in [-0.4, -0.2) is 34.9 Å². The molecule has 5 nitrogen and oxygen atoms in total. The molecule has 3 rings (SSSR count). The lowest BCUT2D eigenvalue weighted by Crippen LogP contribution is -2.26. The molecule has 1 heterocycles. The lowest BCUT2D eigenvalue weighted by Gasteiger charge is -2.16. The van der Waals surface area contributed by atoms with E-state index in [1.54, 1.807) is 31.1 Å². The Morgan fingerprint density at radius 2 is 1.92 bits per heavy atom. The quantitative estimate of drug-likeness (QED) is 0.683. The molecule has 1 atom stereocenters. The number of nitrogens with zero attached hydrogens (tertiary/aromatic N) is 2. The summed E-state index contributed by atoms with van der Waals surface area (Å²) in [5.74, 6) is -0.0709. The number of alkyl halides is 3. The Balaban J connectivity index is 2.13. The van der Waals surface area contributed by atoms with Crippen molar-refractivity contribution in [3.05, 3.63) is 42.6 Å². The van der Waals surface area contributed by atoms with Crippen LogP contribution in [0.5, 0.6) is 5.75 Å². The van der Waals surface area contributed by atoms with Gasteiger partial charge in [-0.2, -0.15) is 14.6 Å². The van der Waals surface area contributed by atoms with Crippen molar-refractivity contribution in [1.82, 2.24) is 10.2 Å². The number of benzene rings is 2. The van der Waals surface area contributed by atoms with Crippen LogP contribution in [0.3, 0.4) is 0 Å². The van der Waals surface area contributed by atoms with E-state index in [1.165, 1.54) is 18.3 Å². The van der Waals surface area contributed by atoms with Crippen LogP contribution >= 0.6 is 0 Å². The van der Waals surface area contributed by atoms with Crippen LogP contribution in [0.25, 0.3) is 22.0 Å². The van der Waals surface area contributed by atoms with Crippen molar-refractivity contribution >= 4 is 29.0 Å². The van der Waals surface area contributed by atoms with Gasteiger partial charge in [-0.05, 0) is 29.2 Å². The molecule has 0 aliphatic rings. The minimum absolute atomic E-state index is 0.0709. The highest BCUT2D eigenvalue weighted by atomic mass is 19.3. The number of anilines is 1. The van der Waals surface area contributed by atoms with Gasteiger partial charge in [0.05, 0.1) is 17.4 Å². The summed E-state index contributed by atoms with van der Waals surface area (Å²) in [6.07, 6.45) is -4.62.